The van der Waals surface area contributed by atoms with Gasteiger partial charge in [-0.25, -0.2) is 0 Å². The standard InChI is InChI=1S/C15H10Cl2N2O3/c16-12-8-11(15(20)10-4-2-1-3-5-10)14(9-13(12)17)18-6-7-19(21)22/h1-6,8-9H,7H2. The molecule has 0 aliphatic carbocycles. The molecule has 2 aromatic rings. The van der Waals surface area contributed by atoms with Gasteiger partial charge < -0.3 is 0 Å². The summed E-state index contributed by atoms with van der Waals surface area (Å²) in [5.74, 6) is -0.285. The van der Waals surface area contributed by atoms with Crippen molar-refractivity contribution < 1.29 is 9.72 Å². The van der Waals surface area contributed by atoms with Crippen molar-refractivity contribution in [2.75, 3.05) is 6.54 Å². The molecule has 0 saturated carbocycles. The van der Waals surface area contributed by atoms with E-state index in [-0.39, 0.29) is 27.1 Å². The largest absolute Gasteiger partial charge is 0.289 e. The minimum Gasteiger partial charge on any atom is -0.289 e. The maximum absolute atomic E-state index is 12.5. The van der Waals surface area contributed by atoms with Crippen molar-refractivity contribution in [2.24, 2.45) is 4.99 Å². The van der Waals surface area contributed by atoms with Crippen molar-refractivity contribution >= 4 is 40.9 Å². The number of aliphatic imine (C=N–C) groups is 1. The normalized spacial score (nSPS) is 10.8. The SMILES string of the molecule is O=C(c1ccccc1)c1cc(Cl)c(Cl)cc1N=CC[N+](=O)[O-]. The van der Waals surface area contributed by atoms with Gasteiger partial charge in [-0.1, -0.05) is 53.5 Å². The summed E-state index contributed by atoms with van der Waals surface area (Å²) in [6, 6.07) is 11.4. The third-order valence-corrected chi connectivity index (χ3v) is 3.50. The highest BCUT2D eigenvalue weighted by Gasteiger charge is 2.16. The highest BCUT2D eigenvalue weighted by atomic mass is 35.5. The summed E-state index contributed by atoms with van der Waals surface area (Å²) in [4.78, 5) is 26.3. The molecular weight excluding hydrogens is 327 g/mol. The molecule has 0 saturated heterocycles. The van der Waals surface area contributed by atoms with E-state index in [1.54, 1.807) is 30.3 Å². The molecule has 0 heterocycles. The zero-order chi connectivity index (χ0) is 16.1. The first-order valence-electron chi connectivity index (χ1n) is 6.22. The number of carbonyl (C=O) groups excluding carboxylic acids is 1. The molecule has 0 radical (unpaired) electrons. The lowest BCUT2D eigenvalue weighted by Crippen LogP contribution is -2.03. The summed E-state index contributed by atoms with van der Waals surface area (Å²) in [5.41, 5.74) is 0.942. The molecule has 2 rings (SSSR count). The van der Waals surface area contributed by atoms with Crippen molar-refractivity contribution in [1.29, 1.82) is 0 Å². The molecular formula is C15H10Cl2N2O3. The van der Waals surface area contributed by atoms with Crippen LogP contribution in [-0.4, -0.2) is 23.5 Å². The van der Waals surface area contributed by atoms with E-state index in [9.17, 15) is 14.9 Å². The summed E-state index contributed by atoms with van der Waals surface area (Å²) >= 11 is 11.9. The van der Waals surface area contributed by atoms with Crippen LogP contribution in [0, 0.1) is 10.1 Å². The van der Waals surface area contributed by atoms with Crippen molar-refractivity contribution in [3.8, 4) is 0 Å². The summed E-state index contributed by atoms with van der Waals surface area (Å²) in [6.07, 6.45) is 1.11. The fourth-order valence-corrected chi connectivity index (χ4v) is 2.10. The predicted octanol–water partition coefficient (Wildman–Crippen LogP) is 4.20. The number of carbonyl (C=O) groups is 1. The Morgan fingerprint density at radius 1 is 1.18 bits per heavy atom. The van der Waals surface area contributed by atoms with Crippen LogP contribution in [0.4, 0.5) is 5.69 Å². The average molecular weight is 337 g/mol. The summed E-state index contributed by atoms with van der Waals surface area (Å²) in [7, 11) is 0. The van der Waals surface area contributed by atoms with Crippen molar-refractivity contribution in [1.82, 2.24) is 0 Å². The van der Waals surface area contributed by atoms with Gasteiger partial charge in [0.25, 0.3) is 0 Å². The van der Waals surface area contributed by atoms with Crippen LogP contribution in [-0.2, 0) is 0 Å². The predicted molar refractivity (Wildman–Crippen MR) is 86.3 cm³/mol. The molecule has 5 nitrogen and oxygen atoms in total. The number of nitrogens with zero attached hydrogens (tertiary/aromatic N) is 2. The fraction of sp³-hybridized carbons (Fsp3) is 0.0667. The van der Waals surface area contributed by atoms with Crippen LogP contribution < -0.4 is 0 Å². The van der Waals surface area contributed by atoms with E-state index in [1.165, 1.54) is 12.1 Å². The Labute approximate surface area is 136 Å². The van der Waals surface area contributed by atoms with Gasteiger partial charge in [-0.05, 0) is 12.1 Å². The molecule has 0 aromatic heterocycles. The van der Waals surface area contributed by atoms with Gasteiger partial charge in [-0.2, -0.15) is 0 Å². The van der Waals surface area contributed by atoms with Gasteiger partial charge in [0, 0.05) is 16.1 Å². The molecule has 2 aromatic carbocycles. The quantitative estimate of drug-likeness (QED) is 0.355. The number of ketones is 1. The molecule has 0 N–H and O–H groups in total. The second-order valence-corrected chi connectivity index (χ2v) is 5.12. The highest BCUT2D eigenvalue weighted by Crippen LogP contribution is 2.32. The van der Waals surface area contributed by atoms with E-state index in [2.05, 4.69) is 4.99 Å². The molecule has 0 aliphatic heterocycles. The molecule has 0 fully saturated rings. The molecule has 0 atom stereocenters. The number of halogens is 2. The number of nitro groups is 1. The maximum Gasteiger partial charge on any atom is 0.238 e. The van der Waals surface area contributed by atoms with Crippen molar-refractivity contribution in [2.45, 2.75) is 0 Å². The zero-order valence-electron chi connectivity index (χ0n) is 11.2. The molecule has 22 heavy (non-hydrogen) atoms. The van der Waals surface area contributed by atoms with Crippen molar-refractivity contribution in [3.05, 3.63) is 73.8 Å². The first-order valence-corrected chi connectivity index (χ1v) is 6.97. The first kappa shape index (κ1) is 16.1. The Kier molecular flexibility index (Phi) is 5.25. The van der Waals surface area contributed by atoms with Crippen LogP contribution in [0.25, 0.3) is 0 Å². The summed E-state index contributed by atoms with van der Waals surface area (Å²) in [6.45, 7) is -0.445. The lowest BCUT2D eigenvalue weighted by molar-refractivity contribution is -0.462. The third kappa shape index (κ3) is 3.90. The lowest BCUT2D eigenvalue weighted by Gasteiger charge is -2.07. The van der Waals surface area contributed by atoms with Gasteiger partial charge in [0.1, 0.15) is 0 Å². The van der Waals surface area contributed by atoms with Gasteiger partial charge in [0.05, 0.1) is 21.9 Å². The van der Waals surface area contributed by atoms with E-state index in [4.69, 9.17) is 23.2 Å². The van der Waals surface area contributed by atoms with Gasteiger partial charge >= 0.3 is 0 Å². The fourth-order valence-electron chi connectivity index (χ4n) is 1.78. The molecule has 7 heteroatoms. The van der Waals surface area contributed by atoms with Gasteiger partial charge in [-0.15, -0.1) is 0 Å². The minimum atomic E-state index is -0.528. The first-order chi connectivity index (χ1) is 10.5. The number of hydrogen-bond acceptors (Lipinski definition) is 4. The van der Waals surface area contributed by atoms with Crippen LogP contribution in [0.15, 0.2) is 47.5 Å². The average Bonchev–Trinajstić information content (AvgIpc) is 2.50. The molecule has 0 spiro atoms. The number of hydrogen-bond donors (Lipinski definition) is 0. The van der Waals surface area contributed by atoms with Crippen LogP contribution in [0.1, 0.15) is 15.9 Å². The molecule has 0 bridgehead atoms. The Morgan fingerprint density at radius 3 is 2.45 bits per heavy atom. The monoisotopic (exact) mass is 336 g/mol. The maximum atomic E-state index is 12.5. The van der Waals surface area contributed by atoms with Gasteiger partial charge in [0.2, 0.25) is 6.54 Å². The Hall–Kier alpha value is -2.24. The van der Waals surface area contributed by atoms with E-state index in [1.807, 2.05) is 0 Å². The van der Waals surface area contributed by atoms with Crippen LogP contribution in [0.3, 0.4) is 0 Å². The van der Waals surface area contributed by atoms with Crippen LogP contribution >= 0.6 is 23.2 Å². The van der Waals surface area contributed by atoms with E-state index in [0.29, 0.717) is 5.56 Å². The third-order valence-electron chi connectivity index (χ3n) is 2.78. The van der Waals surface area contributed by atoms with E-state index >= 15 is 0 Å². The van der Waals surface area contributed by atoms with Crippen LogP contribution in [0.5, 0.6) is 0 Å². The summed E-state index contributed by atoms with van der Waals surface area (Å²) in [5, 5.41) is 10.8. The smallest absolute Gasteiger partial charge is 0.238 e. The second-order valence-electron chi connectivity index (χ2n) is 4.31. The topological polar surface area (TPSA) is 72.6 Å². The molecule has 0 amide bonds. The summed E-state index contributed by atoms with van der Waals surface area (Å²) < 4.78 is 0. The minimum absolute atomic E-state index is 0.217. The van der Waals surface area contributed by atoms with E-state index in [0.717, 1.165) is 6.21 Å². The van der Waals surface area contributed by atoms with Crippen LogP contribution in [0.2, 0.25) is 10.0 Å². The second kappa shape index (κ2) is 7.15. The zero-order valence-corrected chi connectivity index (χ0v) is 12.7. The molecule has 0 aliphatic rings. The Balaban J connectivity index is 2.45. The Morgan fingerprint density at radius 2 is 1.82 bits per heavy atom. The van der Waals surface area contributed by atoms with Crippen molar-refractivity contribution in [3.63, 3.8) is 0 Å². The van der Waals surface area contributed by atoms with E-state index < -0.39 is 11.5 Å². The number of benzene rings is 2. The lowest BCUT2D eigenvalue weighted by atomic mass is 10.0. The number of rotatable bonds is 5. The highest BCUT2D eigenvalue weighted by molar-refractivity contribution is 6.42. The Bertz CT molecular complexity index is 746. The van der Waals surface area contributed by atoms with Gasteiger partial charge in [-0.3, -0.25) is 19.9 Å². The molecule has 112 valence electrons. The van der Waals surface area contributed by atoms with Gasteiger partial charge in [0.15, 0.2) is 5.78 Å². The molecule has 0 unspecified atom stereocenters.